The topological polar surface area (TPSA) is 144 Å². The molecule has 0 atom stereocenters. The predicted octanol–water partition coefficient (Wildman–Crippen LogP) is 0.786. The van der Waals surface area contributed by atoms with Gasteiger partial charge >= 0.3 is 0 Å². The number of nitrogens with two attached hydrogens (primary N) is 1. The SMILES string of the molecule is CNC(=O)COc1cc(C#N)ccc1CNC(=O)c1cc(C)cc(OCC(N)=O)c1. The van der Waals surface area contributed by atoms with Gasteiger partial charge < -0.3 is 25.8 Å². The van der Waals surface area contributed by atoms with Crippen LogP contribution in [0.25, 0.3) is 0 Å². The molecule has 3 amide bonds. The van der Waals surface area contributed by atoms with Gasteiger partial charge in [0.05, 0.1) is 11.6 Å². The highest BCUT2D eigenvalue weighted by molar-refractivity contribution is 5.94. The van der Waals surface area contributed by atoms with Crippen molar-refractivity contribution < 1.29 is 23.9 Å². The molecule has 0 saturated heterocycles. The zero-order valence-electron chi connectivity index (χ0n) is 16.7. The number of nitrogens with zero attached hydrogens (tertiary/aromatic N) is 1. The minimum absolute atomic E-state index is 0.110. The van der Waals surface area contributed by atoms with E-state index in [1.165, 1.54) is 19.2 Å². The Morgan fingerprint density at radius 3 is 2.53 bits per heavy atom. The molecule has 0 saturated carbocycles. The largest absolute Gasteiger partial charge is 0.484 e. The van der Waals surface area contributed by atoms with Gasteiger partial charge in [-0.05, 0) is 42.8 Å². The van der Waals surface area contributed by atoms with Crippen molar-refractivity contribution in [2.75, 3.05) is 20.3 Å². The van der Waals surface area contributed by atoms with Crippen LogP contribution in [0, 0.1) is 18.3 Å². The van der Waals surface area contributed by atoms with Crippen molar-refractivity contribution in [2.45, 2.75) is 13.5 Å². The summed E-state index contributed by atoms with van der Waals surface area (Å²) in [6, 6.07) is 11.6. The smallest absolute Gasteiger partial charge is 0.257 e. The lowest BCUT2D eigenvalue weighted by molar-refractivity contribution is -0.122. The van der Waals surface area contributed by atoms with E-state index < -0.39 is 5.91 Å². The van der Waals surface area contributed by atoms with Gasteiger partial charge in [-0.25, -0.2) is 0 Å². The van der Waals surface area contributed by atoms with Crippen LogP contribution in [0.3, 0.4) is 0 Å². The van der Waals surface area contributed by atoms with Crippen LogP contribution in [0.1, 0.15) is 27.0 Å². The molecule has 0 aromatic heterocycles. The Bertz CT molecular complexity index is 997. The maximum Gasteiger partial charge on any atom is 0.257 e. The van der Waals surface area contributed by atoms with E-state index in [1.807, 2.05) is 6.07 Å². The van der Waals surface area contributed by atoms with Crippen molar-refractivity contribution in [3.8, 4) is 17.6 Å². The molecule has 30 heavy (non-hydrogen) atoms. The minimum atomic E-state index is -0.618. The fourth-order valence-electron chi connectivity index (χ4n) is 2.51. The van der Waals surface area contributed by atoms with Crippen LogP contribution in [0.5, 0.6) is 11.5 Å². The van der Waals surface area contributed by atoms with Gasteiger partial charge in [0.15, 0.2) is 13.2 Å². The minimum Gasteiger partial charge on any atom is -0.484 e. The van der Waals surface area contributed by atoms with Gasteiger partial charge in [0.1, 0.15) is 11.5 Å². The highest BCUT2D eigenvalue weighted by Crippen LogP contribution is 2.21. The van der Waals surface area contributed by atoms with Crippen LogP contribution < -0.4 is 25.8 Å². The summed E-state index contributed by atoms with van der Waals surface area (Å²) in [5.41, 5.74) is 7.16. The van der Waals surface area contributed by atoms with Crippen molar-refractivity contribution in [3.63, 3.8) is 0 Å². The second-order valence-corrected chi connectivity index (χ2v) is 6.37. The molecule has 4 N–H and O–H groups in total. The molecule has 2 rings (SSSR count). The molecule has 0 spiro atoms. The normalized spacial score (nSPS) is 9.90. The van der Waals surface area contributed by atoms with E-state index in [0.717, 1.165) is 5.56 Å². The van der Waals surface area contributed by atoms with Crippen LogP contribution in [-0.4, -0.2) is 38.0 Å². The monoisotopic (exact) mass is 410 g/mol. The summed E-state index contributed by atoms with van der Waals surface area (Å²) in [7, 11) is 1.49. The van der Waals surface area contributed by atoms with Gasteiger partial charge in [0.25, 0.3) is 17.7 Å². The first kappa shape index (κ1) is 22.2. The zero-order valence-corrected chi connectivity index (χ0v) is 16.7. The Balaban J connectivity index is 2.12. The molecular weight excluding hydrogens is 388 g/mol. The number of primary amides is 1. The number of nitriles is 1. The fourth-order valence-corrected chi connectivity index (χ4v) is 2.51. The van der Waals surface area contributed by atoms with Crippen LogP contribution in [0.2, 0.25) is 0 Å². The third-order valence-corrected chi connectivity index (χ3v) is 3.97. The summed E-state index contributed by atoms with van der Waals surface area (Å²) in [5.74, 6) is -0.632. The van der Waals surface area contributed by atoms with Crippen molar-refractivity contribution in [3.05, 3.63) is 58.7 Å². The van der Waals surface area contributed by atoms with Gasteiger partial charge in [0.2, 0.25) is 0 Å². The Hall–Kier alpha value is -4.06. The number of hydrogen-bond acceptors (Lipinski definition) is 6. The molecule has 0 fully saturated rings. The molecule has 0 aliphatic heterocycles. The molecule has 156 valence electrons. The average molecular weight is 410 g/mol. The average Bonchev–Trinajstić information content (AvgIpc) is 2.74. The predicted molar refractivity (Wildman–Crippen MR) is 108 cm³/mol. The molecular formula is C21H22N4O5. The summed E-state index contributed by atoms with van der Waals surface area (Å²) < 4.78 is 10.8. The fraction of sp³-hybridized carbons (Fsp3) is 0.238. The number of rotatable bonds is 9. The Labute approximate surface area is 173 Å². The van der Waals surface area contributed by atoms with Crippen molar-refractivity contribution in [1.82, 2.24) is 10.6 Å². The summed E-state index contributed by atoms with van der Waals surface area (Å²) in [5, 5.41) is 14.3. The summed E-state index contributed by atoms with van der Waals surface area (Å²) in [4.78, 5) is 34.9. The first-order chi connectivity index (χ1) is 14.3. The van der Waals surface area contributed by atoms with E-state index in [9.17, 15) is 14.4 Å². The Morgan fingerprint density at radius 1 is 1.10 bits per heavy atom. The highest BCUT2D eigenvalue weighted by Gasteiger charge is 2.12. The molecule has 0 aliphatic rings. The van der Waals surface area contributed by atoms with Crippen LogP contribution in [-0.2, 0) is 16.1 Å². The van der Waals surface area contributed by atoms with Gasteiger partial charge in [-0.1, -0.05) is 6.07 Å². The third-order valence-electron chi connectivity index (χ3n) is 3.97. The van der Waals surface area contributed by atoms with Crippen LogP contribution in [0.4, 0.5) is 0 Å². The number of carbonyl (C=O) groups excluding carboxylic acids is 3. The van der Waals surface area contributed by atoms with Crippen LogP contribution >= 0.6 is 0 Å². The van der Waals surface area contributed by atoms with Gasteiger partial charge in [-0.2, -0.15) is 5.26 Å². The molecule has 0 heterocycles. The van der Waals surface area contributed by atoms with E-state index in [1.54, 1.807) is 31.2 Å². The highest BCUT2D eigenvalue weighted by atomic mass is 16.5. The lowest BCUT2D eigenvalue weighted by Gasteiger charge is -2.13. The molecule has 2 aromatic carbocycles. The maximum absolute atomic E-state index is 12.6. The first-order valence-corrected chi connectivity index (χ1v) is 8.99. The third kappa shape index (κ3) is 6.53. The van der Waals surface area contributed by atoms with Crippen molar-refractivity contribution >= 4 is 17.7 Å². The quantitative estimate of drug-likeness (QED) is 0.557. The molecule has 0 bridgehead atoms. The summed E-state index contributed by atoms with van der Waals surface area (Å²) in [6.07, 6.45) is 0. The molecule has 2 aromatic rings. The summed E-state index contributed by atoms with van der Waals surface area (Å²) >= 11 is 0. The van der Waals surface area contributed by atoms with Gasteiger partial charge in [0, 0.05) is 24.7 Å². The number of amides is 3. The van der Waals surface area contributed by atoms with Gasteiger partial charge in [-0.3, -0.25) is 14.4 Å². The van der Waals surface area contributed by atoms with Crippen molar-refractivity contribution in [1.29, 1.82) is 5.26 Å². The molecule has 0 unspecified atom stereocenters. The molecule has 9 heteroatoms. The number of benzene rings is 2. The number of likely N-dealkylation sites (N-methyl/N-ethyl adjacent to an activating group) is 1. The van der Waals surface area contributed by atoms with E-state index in [-0.39, 0.29) is 31.6 Å². The number of aryl methyl sites for hydroxylation is 1. The Kier molecular flexibility index (Phi) is 7.76. The standard InChI is InChI=1S/C21H22N4O5/c1-13-5-16(8-17(6-13)29-11-19(23)26)21(28)25-10-15-4-3-14(9-22)7-18(15)30-12-20(27)24-2/h3-8H,10-12H2,1-2H3,(H2,23,26)(H,24,27)(H,25,28). The zero-order chi connectivity index (χ0) is 22.1. The number of ether oxygens (including phenoxy) is 2. The van der Waals surface area contributed by atoms with E-state index in [2.05, 4.69) is 10.6 Å². The molecule has 9 nitrogen and oxygen atoms in total. The lowest BCUT2D eigenvalue weighted by Crippen LogP contribution is -2.26. The van der Waals surface area contributed by atoms with E-state index in [0.29, 0.717) is 28.2 Å². The maximum atomic E-state index is 12.6. The van der Waals surface area contributed by atoms with Crippen LogP contribution in [0.15, 0.2) is 36.4 Å². The lowest BCUT2D eigenvalue weighted by atomic mass is 10.1. The second-order valence-electron chi connectivity index (χ2n) is 6.37. The summed E-state index contributed by atoms with van der Waals surface area (Å²) in [6.45, 7) is 1.39. The number of nitrogens with one attached hydrogen (secondary N) is 2. The molecule has 0 aliphatic carbocycles. The number of carbonyl (C=O) groups is 3. The van der Waals surface area contributed by atoms with Crippen molar-refractivity contribution in [2.24, 2.45) is 5.73 Å². The first-order valence-electron chi connectivity index (χ1n) is 8.99. The van der Waals surface area contributed by atoms with E-state index in [4.69, 9.17) is 20.5 Å². The van der Waals surface area contributed by atoms with E-state index >= 15 is 0 Å². The second kappa shape index (κ2) is 10.5. The molecule has 0 radical (unpaired) electrons. The van der Waals surface area contributed by atoms with Gasteiger partial charge in [-0.15, -0.1) is 0 Å². The Morgan fingerprint density at radius 2 is 1.87 bits per heavy atom. The number of hydrogen-bond donors (Lipinski definition) is 3.